The van der Waals surface area contributed by atoms with Gasteiger partial charge in [0.1, 0.15) is 11.2 Å². The molecule has 2 rings (SSSR count). The molecule has 1 amide bonds. The highest BCUT2D eigenvalue weighted by molar-refractivity contribution is 6.34. The molecule has 0 spiro atoms. The molecule has 1 saturated carbocycles. The number of anilines is 1. The number of halogens is 4. The Morgan fingerprint density at radius 3 is 2.43 bits per heavy atom. The van der Waals surface area contributed by atoms with Crippen LogP contribution in [0.15, 0.2) is 12.1 Å². The third kappa shape index (κ3) is 2.73. The molecular weight excluding hydrogens is 315 g/mol. The van der Waals surface area contributed by atoms with Crippen molar-refractivity contribution in [3.05, 3.63) is 32.8 Å². The highest BCUT2D eigenvalue weighted by Gasteiger charge is 2.64. The summed E-state index contributed by atoms with van der Waals surface area (Å²) in [5, 5.41) is 12.3. The summed E-state index contributed by atoms with van der Waals surface area (Å²) in [5.74, 6) is -1.09. The van der Waals surface area contributed by atoms with Gasteiger partial charge in [-0.3, -0.25) is 14.9 Å². The first-order chi connectivity index (χ1) is 9.57. The van der Waals surface area contributed by atoms with Gasteiger partial charge in [0.05, 0.1) is 9.95 Å². The predicted octanol–water partition coefficient (Wildman–Crippen LogP) is 2.66. The third-order valence-electron chi connectivity index (χ3n) is 3.21. The lowest BCUT2D eigenvalue weighted by Gasteiger charge is -2.20. The molecule has 1 fully saturated rings. The number of nitrogens with one attached hydrogen (secondary N) is 1. The molecule has 0 saturated heterocycles. The molecule has 0 heterocycles. The zero-order valence-electron chi connectivity index (χ0n) is 10.3. The Kier molecular flexibility index (Phi) is 3.48. The van der Waals surface area contributed by atoms with E-state index in [0.29, 0.717) is 0 Å². The van der Waals surface area contributed by atoms with E-state index in [0.717, 1.165) is 12.1 Å². The summed E-state index contributed by atoms with van der Waals surface area (Å²) in [5.41, 5.74) is 1.78. The van der Waals surface area contributed by atoms with Crippen molar-refractivity contribution in [2.24, 2.45) is 0 Å². The Bertz CT molecular complexity index is 629. The molecule has 0 unspecified atom stereocenters. The van der Waals surface area contributed by atoms with Gasteiger partial charge >= 0.3 is 6.18 Å². The van der Waals surface area contributed by atoms with Crippen molar-refractivity contribution in [2.75, 3.05) is 5.73 Å². The van der Waals surface area contributed by atoms with E-state index in [-0.39, 0.29) is 29.1 Å². The fourth-order valence-corrected chi connectivity index (χ4v) is 1.99. The molecule has 0 atom stereocenters. The molecule has 0 aliphatic heterocycles. The number of alkyl halides is 3. The number of carbonyl (C=O) groups excluding carboxylic acids is 1. The fourth-order valence-electron chi connectivity index (χ4n) is 1.78. The second-order valence-corrected chi connectivity index (χ2v) is 5.09. The molecule has 21 heavy (non-hydrogen) atoms. The summed E-state index contributed by atoms with van der Waals surface area (Å²) >= 11 is 5.65. The number of carbonyl (C=O) groups is 1. The topological polar surface area (TPSA) is 98.3 Å². The van der Waals surface area contributed by atoms with Crippen LogP contribution in [0.4, 0.5) is 24.5 Å². The lowest BCUT2D eigenvalue weighted by atomic mass is 10.1. The molecule has 114 valence electrons. The van der Waals surface area contributed by atoms with Crippen LogP contribution in [-0.4, -0.2) is 22.5 Å². The molecule has 1 aliphatic carbocycles. The lowest BCUT2D eigenvalue weighted by Crippen LogP contribution is -2.47. The zero-order valence-corrected chi connectivity index (χ0v) is 11.1. The highest BCUT2D eigenvalue weighted by atomic mass is 35.5. The molecule has 10 heteroatoms. The molecule has 0 bridgehead atoms. The minimum Gasteiger partial charge on any atom is -0.392 e. The van der Waals surface area contributed by atoms with Crippen LogP contribution in [0, 0.1) is 10.1 Å². The number of hydrogen-bond acceptors (Lipinski definition) is 4. The number of nitro benzene ring substituents is 1. The summed E-state index contributed by atoms with van der Waals surface area (Å²) in [4.78, 5) is 21.7. The Hall–Kier alpha value is -2.03. The van der Waals surface area contributed by atoms with Crippen molar-refractivity contribution in [1.29, 1.82) is 0 Å². The smallest absolute Gasteiger partial charge is 0.392 e. The molecule has 1 aliphatic rings. The van der Waals surface area contributed by atoms with Crippen LogP contribution in [0.25, 0.3) is 0 Å². The third-order valence-corrected chi connectivity index (χ3v) is 3.52. The van der Waals surface area contributed by atoms with Crippen LogP contribution in [0.5, 0.6) is 0 Å². The second-order valence-electron chi connectivity index (χ2n) is 4.68. The average Bonchev–Trinajstić information content (AvgIpc) is 3.12. The van der Waals surface area contributed by atoms with Gasteiger partial charge in [-0.15, -0.1) is 0 Å². The number of rotatable bonds is 3. The van der Waals surface area contributed by atoms with E-state index in [4.69, 9.17) is 17.3 Å². The lowest BCUT2D eigenvalue weighted by molar-refractivity contribution is -0.383. The van der Waals surface area contributed by atoms with Gasteiger partial charge in [0.15, 0.2) is 0 Å². The summed E-state index contributed by atoms with van der Waals surface area (Å²) in [6.45, 7) is 0. The van der Waals surface area contributed by atoms with Gasteiger partial charge in [0.2, 0.25) is 0 Å². The van der Waals surface area contributed by atoms with Crippen molar-refractivity contribution in [2.45, 2.75) is 24.6 Å². The standard InChI is InChI=1S/C11H9ClF3N3O3/c12-6-3-5(4-7(8(6)16)18(20)21)9(19)17-10(1-2-10)11(13,14)15/h3-4H,1-2,16H2,(H,17,19). The zero-order chi connectivity index (χ0) is 16.0. The molecule has 0 aromatic heterocycles. The summed E-state index contributed by atoms with van der Waals surface area (Å²) in [6.07, 6.45) is -5.04. The maximum atomic E-state index is 12.8. The molecule has 6 nitrogen and oxygen atoms in total. The Balaban J connectivity index is 2.31. The predicted molar refractivity (Wildman–Crippen MR) is 68.0 cm³/mol. The first-order valence-corrected chi connectivity index (χ1v) is 6.08. The van der Waals surface area contributed by atoms with Gasteiger partial charge in [-0.05, 0) is 18.9 Å². The van der Waals surface area contributed by atoms with Crippen molar-refractivity contribution < 1.29 is 22.9 Å². The first-order valence-electron chi connectivity index (χ1n) is 5.70. The van der Waals surface area contributed by atoms with Crippen molar-refractivity contribution >= 4 is 28.9 Å². The number of benzene rings is 1. The summed E-state index contributed by atoms with van der Waals surface area (Å²) < 4.78 is 38.3. The van der Waals surface area contributed by atoms with Crippen LogP contribution in [-0.2, 0) is 0 Å². The van der Waals surface area contributed by atoms with Gasteiger partial charge in [0.25, 0.3) is 11.6 Å². The Morgan fingerprint density at radius 1 is 1.43 bits per heavy atom. The maximum Gasteiger partial charge on any atom is 0.411 e. The average molecular weight is 324 g/mol. The van der Waals surface area contributed by atoms with Crippen LogP contribution < -0.4 is 11.1 Å². The van der Waals surface area contributed by atoms with E-state index < -0.39 is 28.2 Å². The molecule has 0 radical (unpaired) electrons. The van der Waals surface area contributed by atoms with Gasteiger partial charge < -0.3 is 11.1 Å². The number of nitro groups is 1. The highest BCUT2D eigenvalue weighted by Crippen LogP contribution is 2.49. The van der Waals surface area contributed by atoms with Crippen LogP contribution >= 0.6 is 11.6 Å². The van der Waals surface area contributed by atoms with Crippen LogP contribution in [0.3, 0.4) is 0 Å². The van der Waals surface area contributed by atoms with E-state index in [1.54, 1.807) is 0 Å². The fraction of sp³-hybridized carbons (Fsp3) is 0.364. The van der Waals surface area contributed by atoms with Gasteiger partial charge in [-0.2, -0.15) is 13.2 Å². The first kappa shape index (κ1) is 15.4. The molecule has 1 aromatic rings. The largest absolute Gasteiger partial charge is 0.411 e. The van der Waals surface area contributed by atoms with Crippen molar-refractivity contribution in [3.8, 4) is 0 Å². The van der Waals surface area contributed by atoms with E-state index in [9.17, 15) is 28.1 Å². The van der Waals surface area contributed by atoms with Gasteiger partial charge in [-0.1, -0.05) is 11.6 Å². The summed E-state index contributed by atoms with van der Waals surface area (Å²) in [7, 11) is 0. The number of nitrogen functional groups attached to an aromatic ring is 1. The SMILES string of the molecule is Nc1c(Cl)cc(C(=O)NC2(C(F)(F)F)CC2)cc1[N+](=O)[O-]. The number of nitrogens with zero attached hydrogens (tertiary/aromatic N) is 1. The van der Waals surface area contributed by atoms with Crippen molar-refractivity contribution in [1.82, 2.24) is 5.32 Å². The minimum absolute atomic E-state index is 0.229. The van der Waals surface area contributed by atoms with Gasteiger partial charge in [0, 0.05) is 11.6 Å². The number of amides is 1. The molecule has 1 aromatic carbocycles. The minimum atomic E-state index is -4.58. The van der Waals surface area contributed by atoms with E-state index in [2.05, 4.69) is 0 Å². The second kappa shape index (κ2) is 4.76. The van der Waals surface area contributed by atoms with Crippen LogP contribution in [0.1, 0.15) is 23.2 Å². The van der Waals surface area contributed by atoms with Gasteiger partial charge in [-0.25, -0.2) is 0 Å². The number of hydrogen-bond donors (Lipinski definition) is 2. The Labute approximate surface area is 121 Å². The summed E-state index contributed by atoms with van der Waals surface area (Å²) in [6, 6.07) is 1.79. The number of nitrogens with two attached hydrogens (primary N) is 1. The Morgan fingerprint density at radius 2 is 2.00 bits per heavy atom. The van der Waals surface area contributed by atoms with E-state index in [1.165, 1.54) is 0 Å². The normalized spacial score (nSPS) is 16.4. The molecular formula is C11H9ClF3N3O3. The van der Waals surface area contributed by atoms with Crippen molar-refractivity contribution in [3.63, 3.8) is 0 Å². The van der Waals surface area contributed by atoms with E-state index in [1.807, 2.05) is 5.32 Å². The quantitative estimate of drug-likeness (QED) is 0.507. The van der Waals surface area contributed by atoms with Crippen LogP contribution in [0.2, 0.25) is 5.02 Å². The monoisotopic (exact) mass is 323 g/mol. The molecule has 3 N–H and O–H groups in total. The maximum absolute atomic E-state index is 12.8. The van der Waals surface area contributed by atoms with E-state index >= 15 is 0 Å².